The second-order valence-electron chi connectivity index (χ2n) is 6.07. The Labute approximate surface area is 142 Å². The molecule has 0 saturated carbocycles. The molecule has 1 saturated heterocycles. The van der Waals surface area contributed by atoms with Crippen LogP contribution < -0.4 is 5.32 Å². The summed E-state index contributed by atoms with van der Waals surface area (Å²) >= 11 is 1.44. The maximum Gasteiger partial charge on any atom is 0.341 e. The molecule has 0 unspecified atom stereocenters. The predicted molar refractivity (Wildman–Crippen MR) is 93.3 cm³/mol. The fraction of sp³-hybridized carbons (Fsp3) is 0.647. The first-order valence-electron chi connectivity index (χ1n) is 8.25. The van der Waals surface area contributed by atoms with Gasteiger partial charge in [0.25, 0.3) is 0 Å². The minimum atomic E-state index is -0.365. The number of esters is 1. The first-order valence-corrected chi connectivity index (χ1v) is 9.06. The Morgan fingerprint density at radius 2 is 2.09 bits per heavy atom. The number of nitrogens with one attached hydrogen (secondary N) is 1. The Morgan fingerprint density at radius 1 is 1.35 bits per heavy atom. The molecule has 128 valence electrons. The highest BCUT2D eigenvalue weighted by Crippen LogP contribution is 2.33. The molecule has 1 atom stereocenters. The van der Waals surface area contributed by atoms with Crippen molar-refractivity contribution >= 4 is 28.2 Å². The summed E-state index contributed by atoms with van der Waals surface area (Å²) in [6.45, 7) is 9.44. The lowest BCUT2D eigenvalue weighted by Gasteiger charge is -2.32. The van der Waals surface area contributed by atoms with E-state index in [1.54, 1.807) is 6.92 Å². The summed E-state index contributed by atoms with van der Waals surface area (Å²) < 4.78 is 5.12. The number of aryl methyl sites for hydroxylation is 1. The third kappa shape index (κ3) is 4.32. The Hall–Kier alpha value is -1.40. The van der Waals surface area contributed by atoms with Crippen LogP contribution in [0.2, 0.25) is 0 Å². The SMILES string of the molecule is CCOC(=O)c1c(NC(=O)CN2CCCC[C@@H]2C)sc(C)c1C. The zero-order valence-electron chi connectivity index (χ0n) is 14.4. The van der Waals surface area contributed by atoms with Gasteiger partial charge in [-0.05, 0) is 52.6 Å². The van der Waals surface area contributed by atoms with E-state index in [1.165, 1.54) is 17.8 Å². The molecule has 0 aromatic carbocycles. The van der Waals surface area contributed by atoms with Gasteiger partial charge in [-0.2, -0.15) is 0 Å². The van der Waals surface area contributed by atoms with Gasteiger partial charge in [-0.25, -0.2) is 4.79 Å². The number of nitrogens with zero attached hydrogens (tertiary/aromatic N) is 1. The Morgan fingerprint density at radius 3 is 2.74 bits per heavy atom. The highest BCUT2D eigenvalue weighted by molar-refractivity contribution is 7.16. The topological polar surface area (TPSA) is 58.6 Å². The summed E-state index contributed by atoms with van der Waals surface area (Å²) in [6.07, 6.45) is 3.51. The number of anilines is 1. The van der Waals surface area contributed by atoms with Crippen LogP contribution in [0, 0.1) is 13.8 Å². The largest absolute Gasteiger partial charge is 0.462 e. The van der Waals surface area contributed by atoms with E-state index < -0.39 is 0 Å². The molecule has 0 bridgehead atoms. The third-order valence-corrected chi connectivity index (χ3v) is 5.53. The number of amides is 1. The predicted octanol–water partition coefficient (Wildman–Crippen LogP) is 3.35. The van der Waals surface area contributed by atoms with Gasteiger partial charge in [0.2, 0.25) is 5.91 Å². The Kier molecular flexibility index (Phi) is 6.18. The summed E-state index contributed by atoms with van der Waals surface area (Å²) in [5, 5.41) is 3.52. The second kappa shape index (κ2) is 7.93. The second-order valence-corrected chi connectivity index (χ2v) is 7.30. The van der Waals surface area contributed by atoms with Crippen molar-refractivity contribution in [3.63, 3.8) is 0 Å². The standard InChI is InChI=1S/C17H26N2O3S/c1-5-22-17(21)15-12(3)13(4)23-16(15)18-14(20)10-19-9-7-6-8-11(19)2/h11H,5-10H2,1-4H3,(H,18,20)/t11-/m0/s1. The number of ether oxygens (including phenoxy) is 1. The zero-order chi connectivity index (χ0) is 17.0. The van der Waals surface area contributed by atoms with Crippen molar-refractivity contribution in [2.24, 2.45) is 0 Å². The van der Waals surface area contributed by atoms with Gasteiger partial charge in [0.05, 0.1) is 18.7 Å². The Bertz CT molecular complexity index is 583. The molecule has 0 spiro atoms. The molecule has 2 heterocycles. The van der Waals surface area contributed by atoms with Crippen molar-refractivity contribution in [1.82, 2.24) is 4.90 Å². The molecule has 1 fully saturated rings. The van der Waals surface area contributed by atoms with Crippen molar-refractivity contribution in [2.45, 2.75) is 53.0 Å². The number of thiophene rings is 1. The molecule has 23 heavy (non-hydrogen) atoms. The molecule has 1 aromatic rings. The number of rotatable bonds is 5. The van der Waals surface area contributed by atoms with Gasteiger partial charge in [0.1, 0.15) is 5.00 Å². The van der Waals surface area contributed by atoms with Crippen LogP contribution in [0.1, 0.15) is 53.9 Å². The highest BCUT2D eigenvalue weighted by Gasteiger charge is 2.24. The van der Waals surface area contributed by atoms with Crippen LogP contribution in [0.25, 0.3) is 0 Å². The van der Waals surface area contributed by atoms with Crippen LogP contribution in [-0.4, -0.2) is 42.5 Å². The highest BCUT2D eigenvalue weighted by atomic mass is 32.1. The lowest BCUT2D eigenvalue weighted by Crippen LogP contribution is -2.42. The number of likely N-dealkylation sites (tertiary alicyclic amines) is 1. The van der Waals surface area contributed by atoms with E-state index >= 15 is 0 Å². The molecule has 1 amide bonds. The van der Waals surface area contributed by atoms with Crippen LogP contribution in [0.4, 0.5) is 5.00 Å². The monoisotopic (exact) mass is 338 g/mol. The molecular formula is C17H26N2O3S. The first-order chi connectivity index (χ1) is 10.9. The summed E-state index contributed by atoms with van der Waals surface area (Å²) in [6, 6.07) is 0.436. The van der Waals surface area contributed by atoms with Gasteiger partial charge >= 0.3 is 5.97 Å². The smallest absolute Gasteiger partial charge is 0.341 e. The number of hydrogen-bond acceptors (Lipinski definition) is 5. The lowest BCUT2D eigenvalue weighted by molar-refractivity contribution is -0.118. The summed E-state index contributed by atoms with van der Waals surface area (Å²) in [5.74, 6) is -0.429. The fourth-order valence-electron chi connectivity index (χ4n) is 2.91. The van der Waals surface area contributed by atoms with E-state index in [1.807, 2.05) is 13.8 Å². The average Bonchev–Trinajstić information content (AvgIpc) is 2.76. The minimum absolute atomic E-state index is 0.0643. The van der Waals surface area contributed by atoms with Crippen molar-refractivity contribution in [3.8, 4) is 0 Å². The van der Waals surface area contributed by atoms with Crippen LogP contribution in [0.5, 0.6) is 0 Å². The maximum atomic E-state index is 12.4. The van der Waals surface area contributed by atoms with Crippen LogP contribution in [0.15, 0.2) is 0 Å². The summed E-state index contributed by atoms with van der Waals surface area (Å²) in [4.78, 5) is 27.8. The molecule has 1 aliphatic rings. The molecular weight excluding hydrogens is 312 g/mol. The molecule has 1 aromatic heterocycles. The van der Waals surface area contributed by atoms with Gasteiger partial charge in [0.15, 0.2) is 0 Å². The van der Waals surface area contributed by atoms with Crippen LogP contribution in [0.3, 0.4) is 0 Å². The number of piperidine rings is 1. The van der Waals surface area contributed by atoms with Crippen molar-refractivity contribution in [2.75, 3.05) is 25.0 Å². The molecule has 6 heteroatoms. The van der Waals surface area contributed by atoms with E-state index in [9.17, 15) is 9.59 Å². The van der Waals surface area contributed by atoms with Gasteiger partial charge in [-0.15, -0.1) is 11.3 Å². The van der Waals surface area contributed by atoms with Gasteiger partial charge in [0, 0.05) is 10.9 Å². The number of carbonyl (C=O) groups is 2. The third-order valence-electron chi connectivity index (χ3n) is 4.41. The van der Waals surface area contributed by atoms with E-state index in [2.05, 4.69) is 17.1 Å². The quantitative estimate of drug-likeness (QED) is 0.837. The van der Waals surface area contributed by atoms with Crippen LogP contribution >= 0.6 is 11.3 Å². The molecule has 0 aliphatic carbocycles. The summed E-state index contributed by atoms with van der Waals surface area (Å²) in [5.41, 5.74) is 1.38. The van der Waals surface area contributed by atoms with Gasteiger partial charge in [-0.1, -0.05) is 6.42 Å². The number of hydrogen-bond donors (Lipinski definition) is 1. The van der Waals surface area contributed by atoms with E-state index in [0.29, 0.717) is 29.8 Å². The van der Waals surface area contributed by atoms with Gasteiger partial charge in [-0.3, -0.25) is 9.69 Å². The van der Waals surface area contributed by atoms with E-state index in [-0.39, 0.29) is 11.9 Å². The van der Waals surface area contributed by atoms with Crippen LogP contribution in [-0.2, 0) is 9.53 Å². The molecule has 2 rings (SSSR count). The number of carbonyl (C=O) groups excluding carboxylic acids is 2. The normalized spacial score (nSPS) is 18.7. The lowest BCUT2D eigenvalue weighted by atomic mass is 10.0. The summed E-state index contributed by atoms with van der Waals surface area (Å²) in [7, 11) is 0. The molecule has 1 N–H and O–H groups in total. The van der Waals surface area contributed by atoms with E-state index in [4.69, 9.17) is 4.74 Å². The van der Waals surface area contributed by atoms with Crippen molar-refractivity contribution in [3.05, 3.63) is 16.0 Å². The molecule has 5 nitrogen and oxygen atoms in total. The minimum Gasteiger partial charge on any atom is -0.462 e. The van der Waals surface area contributed by atoms with E-state index in [0.717, 1.165) is 29.8 Å². The molecule has 0 radical (unpaired) electrons. The average molecular weight is 338 g/mol. The fourth-order valence-corrected chi connectivity index (χ4v) is 3.97. The van der Waals surface area contributed by atoms with Crippen molar-refractivity contribution in [1.29, 1.82) is 0 Å². The molecule has 1 aliphatic heterocycles. The first kappa shape index (κ1) is 17.9. The van der Waals surface area contributed by atoms with Gasteiger partial charge < -0.3 is 10.1 Å². The zero-order valence-corrected chi connectivity index (χ0v) is 15.2. The Balaban J connectivity index is 2.08. The maximum absolute atomic E-state index is 12.4. The van der Waals surface area contributed by atoms with Crippen molar-refractivity contribution < 1.29 is 14.3 Å².